The van der Waals surface area contributed by atoms with Crippen LogP contribution in [0, 0.1) is 0 Å². The number of aromatic nitrogens is 2. The van der Waals surface area contributed by atoms with Crippen molar-refractivity contribution < 1.29 is 8.78 Å². The van der Waals surface area contributed by atoms with Crippen LogP contribution < -0.4 is 0 Å². The van der Waals surface area contributed by atoms with E-state index in [1.54, 1.807) is 0 Å². The number of hydrogen-bond acceptors (Lipinski definition) is 3. The molecule has 12 heavy (non-hydrogen) atoms. The van der Waals surface area contributed by atoms with E-state index >= 15 is 0 Å². The zero-order chi connectivity index (χ0) is 9.19. The second-order valence-corrected chi connectivity index (χ2v) is 5.25. The molecule has 0 saturated heterocycles. The highest BCUT2D eigenvalue weighted by molar-refractivity contribution is 9.11. The highest BCUT2D eigenvalue weighted by Crippen LogP contribution is 2.38. The summed E-state index contributed by atoms with van der Waals surface area (Å²) >= 11 is 5.51. The normalized spacial score (nSPS) is 11.7. The average Bonchev–Trinajstić information content (AvgIpc) is 1.91. The van der Waals surface area contributed by atoms with Gasteiger partial charge in [-0.25, -0.2) is 9.97 Å². The van der Waals surface area contributed by atoms with Crippen molar-refractivity contribution in [3.05, 3.63) is 16.9 Å². The highest BCUT2D eigenvalue weighted by atomic mass is 79.9. The highest BCUT2D eigenvalue weighted by Gasteiger charge is 2.27. The van der Waals surface area contributed by atoms with Crippen molar-refractivity contribution in [1.82, 2.24) is 9.97 Å². The lowest BCUT2D eigenvalue weighted by Crippen LogP contribution is -1.98. The molecule has 1 aromatic heterocycles. The smallest absolute Gasteiger partial charge is 0.230 e. The van der Waals surface area contributed by atoms with Crippen LogP contribution in [0.3, 0.4) is 0 Å². The summed E-state index contributed by atoms with van der Waals surface area (Å²) in [5.74, 6) is 0. The minimum atomic E-state index is -3.01. The third kappa shape index (κ3) is 3.77. The van der Waals surface area contributed by atoms with E-state index < -0.39 is 4.16 Å². The van der Waals surface area contributed by atoms with Crippen molar-refractivity contribution >= 4 is 43.6 Å². The van der Waals surface area contributed by atoms with Gasteiger partial charge in [0, 0.05) is 40.1 Å². The van der Waals surface area contributed by atoms with Crippen molar-refractivity contribution in [3.63, 3.8) is 0 Å². The van der Waals surface area contributed by atoms with Crippen LogP contribution >= 0.6 is 43.6 Å². The van der Waals surface area contributed by atoms with E-state index in [1.165, 1.54) is 12.4 Å². The van der Waals surface area contributed by atoms with Crippen LogP contribution in [0.5, 0.6) is 0 Å². The first-order valence-electron chi connectivity index (χ1n) is 2.71. The van der Waals surface area contributed by atoms with Crippen molar-refractivity contribution in [2.45, 2.75) is 9.32 Å². The fourth-order valence-corrected chi connectivity index (χ4v) is 1.51. The Labute approximate surface area is 88.4 Å². The number of rotatable bonds is 2. The number of alkyl halides is 3. The molecular weight excluding hydrogens is 318 g/mol. The summed E-state index contributed by atoms with van der Waals surface area (Å²) in [5, 5.41) is 0.0278. The van der Waals surface area contributed by atoms with Gasteiger partial charge in [-0.15, -0.1) is 0 Å². The van der Waals surface area contributed by atoms with Crippen LogP contribution in [-0.4, -0.2) is 14.1 Å². The molecule has 0 aliphatic carbocycles. The molecule has 2 nitrogen and oxygen atoms in total. The molecule has 7 heteroatoms. The van der Waals surface area contributed by atoms with E-state index in [4.69, 9.17) is 0 Å². The molecule has 0 N–H and O–H groups in total. The van der Waals surface area contributed by atoms with E-state index in [2.05, 4.69) is 41.8 Å². The fraction of sp³-hybridized carbons (Fsp3) is 0.200. The molecule has 1 aromatic rings. The number of halogens is 4. The summed E-state index contributed by atoms with van der Waals surface area (Å²) in [7, 11) is 0. The molecule has 0 radical (unpaired) electrons. The van der Waals surface area contributed by atoms with Gasteiger partial charge >= 0.3 is 4.16 Å². The molecule has 1 rings (SSSR count). The quantitative estimate of drug-likeness (QED) is 0.475. The van der Waals surface area contributed by atoms with Crippen LogP contribution in [0.15, 0.2) is 22.0 Å². The molecular formula is C5H2Br2F2N2S. The largest absolute Gasteiger partial charge is 0.356 e. The van der Waals surface area contributed by atoms with E-state index in [0.29, 0.717) is 4.47 Å². The van der Waals surface area contributed by atoms with Crippen LogP contribution in [-0.2, 0) is 0 Å². The molecule has 0 bridgehead atoms. The molecule has 0 aliphatic heterocycles. The second-order valence-electron chi connectivity index (χ2n) is 1.73. The third-order valence-corrected chi connectivity index (χ3v) is 2.32. The van der Waals surface area contributed by atoms with Crippen molar-refractivity contribution in [2.24, 2.45) is 0 Å². The SMILES string of the molecule is FC(F)(Br)Sc1ncc(Br)cn1. The molecule has 0 amide bonds. The molecule has 0 atom stereocenters. The molecule has 66 valence electrons. The number of nitrogens with zero attached hydrogens (tertiary/aromatic N) is 2. The molecule has 0 fully saturated rings. The maximum atomic E-state index is 12.3. The Bertz CT molecular complexity index is 261. The standard InChI is InChI=1S/C5H2Br2F2N2S/c6-3-1-10-4(11-2-3)12-5(7,8)9/h1-2H. The molecule has 0 aromatic carbocycles. The summed E-state index contributed by atoms with van der Waals surface area (Å²) in [6.07, 6.45) is 2.82. The fourth-order valence-electron chi connectivity index (χ4n) is 0.457. The van der Waals surface area contributed by atoms with Gasteiger partial charge < -0.3 is 0 Å². The minimum absolute atomic E-state index is 0.0278. The zero-order valence-corrected chi connectivity index (χ0v) is 9.46. The average molecular weight is 320 g/mol. The van der Waals surface area contributed by atoms with Gasteiger partial charge in [-0.2, -0.15) is 8.78 Å². The predicted molar refractivity (Wildman–Crippen MR) is 49.5 cm³/mol. The van der Waals surface area contributed by atoms with Crippen molar-refractivity contribution in [3.8, 4) is 0 Å². The Balaban J connectivity index is 2.71. The molecule has 0 spiro atoms. The Morgan fingerprint density at radius 2 is 1.83 bits per heavy atom. The van der Waals surface area contributed by atoms with E-state index in [1.807, 2.05) is 0 Å². The first kappa shape index (κ1) is 10.3. The Kier molecular flexibility index (Phi) is 3.42. The Morgan fingerprint density at radius 3 is 2.25 bits per heavy atom. The Hall–Kier alpha value is 0.250. The zero-order valence-electron chi connectivity index (χ0n) is 5.47. The third-order valence-electron chi connectivity index (χ3n) is 0.804. The van der Waals surface area contributed by atoms with Gasteiger partial charge in [0.1, 0.15) is 0 Å². The van der Waals surface area contributed by atoms with Gasteiger partial charge in [0.15, 0.2) is 5.16 Å². The first-order valence-corrected chi connectivity index (χ1v) is 5.11. The molecule has 0 aliphatic rings. The van der Waals surface area contributed by atoms with Crippen LogP contribution in [0.2, 0.25) is 0 Å². The van der Waals surface area contributed by atoms with Crippen LogP contribution in [0.25, 0.3) is 0 Å². The van der Waals surface area contributed by atoms with Crippen LogP contribution in [0.1, 0.15) is 0 Å². The van der Waals surface area contributed by atoms with Crippen molar-refractivity contribution in [1.29, 1.82) is 0 Å². The number of hydrogen-bond donors (Lipinski definition) is 0. The lowest BCUT2D eigenvalue weighted by Gasteiger charge is -2.04. The van der Waals surface area contributed by atoms with Gasteiger partial charge in [0.2, 0.25) is 0 Å². The summed E-state index contributed by atoms with van der Waals surface area (Å²) in [6.45, 7) is 0. The minimum Gasteiger partial charge on any atom is -0.230 e. The van der Waals surface area contributed by atoms with Gasteiger partial charge in [-0.3, -0.25) is 0 Å². The Morgan fingerprint density at radius 1 is 1.33 bits per heavy atom. The maximum Gasteiger partial charge on any atom is 0.356 e. The van der Waals surface area contributed by atoms with Gasteiger partial charge in [0.05, 0.1) is 4.47 Å². The lowest BCUT2D eigenvalue weighted by molar-refractivity contribution is 0.220. The molecule has 0 saturated carbocycles. The maximum absolute atomic E-state index is 12.3. The predicted octanol–water partition coefficient (Wildman–Crippen LogP) is 3.28. The van der Waals surface area contributed by atoms with Crippen molar-refractivity contribution in [2.75, 3.05) is 0 Å². The van der Waals surface area contributed by atoms with E-state index in [9.17, 15) is 8.78 Å². The van der Waals surface area contributed by atoms with E-state index in [-0.39, 0.29) is 16.9 Å². The summed E-state index contributed by atoms with van der Waals surface area (Å²) < 4.78 is 22.2. The van der Waals surface area contributed by atoms with Gasteiger partial charge in [-0.1, -0.05) is 0 Å². The van der Waals surface area contributed by atoms with Gasteiger partial charge in [0.25, 0.3) is 0 Å². The topological polar surface area (TPSA) is 25.8 Å². The monoisotopic (exact) mass is 318 g/mol. The molecule has 0 unspecified atom stereocenters. The number of thioether (sulfide) groups is 1. The van der Waals surface area contributed by atoms with E-state index in [0.717, 1.165) is 0 Å². The second kappa shape index (κ2) is 3.97. The molecule has 1 heterocycles. The van der Waals surface area contributed by atoms with Crippen LogP contribution in [0.4, 0.5) is 8.78 Å². The summed E-state index contributed by atoms with van der Waals surface area (Å²) in [4.78, 5) is 7.32. The summed E-state index contributed by atoms with van der Waals surface area (Å²) in [6, 6.07) is 0. The lowest BCUT2D eigenvalue weighted by atomic mass is 10.7. The summed E-state index contributed by atoms with van der Waals surface area (Å²) in [5.41, 5.74) is 0. The van der Waals surface area contributed by atoms with Gasteiger partial charge in [-0.05, 0) is 15.9 Å². The first-order chi connectivity index (χ1) is 5.47.